The van der Waals surface area contributed by atoms with E-state index >= 15 is 0 Å². The van der Waals surface area contributed by atoms with Crippen LogP contribution in [-0.4, -0.2) is 42.8 Å². The zero-order valence-electron chi connectivity index (χ0n) is 10.1. The topological polar surface area (TPSA) is 51.0 Å². The van der Waals surface area contributed by atoms with Gasteiger partial charge in [0.15, 0.2) is 5.82 Å². The fraction of sp³-hybridized carbons (Fsp3) is 0.417. The van der Waals surface area contributed by atoms with E-state index in [1.165, 1.54) is 0 Å². The van der Waals surface area contributed by atoms with E-state index in [1.807, 2.05) is 28.9 Å². The lowest BCUT2D eigenvalue weighted by atomic mass is 10.3. The molecule has 0 spiro atoms. The third-order valence-corrected chi connectivity index (χ3v) is 3.48. The molecule has 0 radical (unpaired) electrons. The Morgan fingerprint density at radius 3 is 2.76 bits per heavy atom. The van der Waals surface area contributed by atoms with E-state index in [1.54, 1.807) is 4.90 Å². The Morgan fingerprint density at radius 1 is 1.29 bits per heavy atom. The Morgan fingerprint density at radius 2 is 2.06 bits per heavy atom. The number of fused-ring (bicyclic) bond motifs is 1. The minimum atomic E-state index is 0.796. The first-order valence-electron chi connectivity index (χ1n) is 6.05. The summed E-state index contributed by atoms with van der Waals surface area (Å²) in [5.41, 5.74) is 7.96. The smallest absolute Gasteiger partial charge is 0.175 e. The number of nitrogen functional groups attached to an aromatic ring is 1. The fourth-order valence-corrected chi connectivity index (χ4v) is 2.34. The molecule has 3 rings (SSSR count). The maximum Gasteiger partial charge on any atom is 0.175 e. The first-order chi connectivity index (χ1) is 8.25. The maximum atomic E-state index is 6.17. The summed E-state index contributed by atoms with van der Waals surface area (Å²) in [5.74, 6) is 0.934. The quantitative estimate of drug-likeness (QED) is 0.680. The van der Waals surface area contributed by atoms with Gasteiger partial charge in [-0.25, -0.2) is 4.52 Å². The molecule has 1 saturated heterocycles. The fourth-order valence-electron chi connectivity index (χ4n) is 2.34. The number of anilines is 2. The highest BCUT2D eigenvalue weighted by Crippen LogP contribution is 2.26. The van der Waals surface area contributed by atoms with Crippen molar-refractivity contribution in [2.45, 2.75) is 0 Å². The Kier molecular flexibility index (Phi) is 2.40. The van der Waals surface area contributed by atoms with Crippen LogP contribution in [-0.2, 0) is 0 Å². The van der Waals surface area contributed by atoms with Crippen LogP contribution in [0.1, 0.15) is 0 Å². The molecule has 90 valence electrons. The third-order valence-electron chi connectivity index (χ3n) is 3.48. The predicted octanol–water partition coefficient (Wildman–Crippen LogP) is -0.749. The molecule has 1 aliphatic heterocycles. The van der Waals surface area contributed by atoms with Crippen molar-refractivity contribution in [3.05, 3.63) is 24.4 Å². The average Bonchev–Trinajstić information content (AvgIpc) is 2.69. The molecular weight excluding hydrogens is 214 g/mol. The van der Waals surface area contributed by atoms with Crippen molar-refractivity contribution in [1.29, 1.82) is 0 Å². The van der Waals surface area contributed by atoms with E-state index < -0.39 is 0 Å². The summed E-state index contributed by atoms with van der Waals surface area (Å²) in [4.78, 5) is 3.86. The van der Waals surface area contributed by atoms with Gasteiger partial charge in [0.25, 0.3) is 0 Å². The molecule has 5 heteroatoms. The summed E-state index contributed by atoms with van der Waals surface area (Å²) in [7, 11) is 2.23. The van der Waals surface area contributed by atoms with Gasteiger partial charge >= 0.3 is 0 Å². The van der Waals surface area contributed by atoms with Crippen LogP contribution in [0.3, 0.4) is 0 Å². The summed E-state index contributed by atoms with van der Waals surface area (Å²) in [5, 5.41) is 4.57. The highest BCUT2D eigenvalue weighted by Gasteiger charge is 2.22. The highest BCUT2D eigenvalue weighted by molar-refractivity contribution is 5.81. The lowest BCUT2D eigenvalue weighted by Crippen LogP contribution is -3.12. The molecule has 2 aromatic rings. The number of pyridine rings is 1. The van der Waals surface area contributed by atoms with Crippen molar-refractivity contribution in [2.24, 2.45) is 0 Å². The van der Waals surface area contributed by atoms with E-state index in [4.69, 9.17) is 5.73 Å². The van der Waals surface area contributed by atoms with E-state index in [-0.39, 0.29) is 0 Å². The molecule has 17 heavy (non-hydrogen) atoms. The second-order valence-corrected chi connectivity index (χ2v) is 4.71. The summed E-state index contributed by atoms with van der Waals surface area (Å²) < 4.78 is 1.86. The van der Waals surface area contributed by atoms with Crippen LogP contribution in [0.4, 0.5) is 11.5 Å². The van der Waals surface area contributed by atoms with E-state index in [2.05, 4.69) is 17.0 Å². The van der Waals surface area contributed by atoms with Gasteiger partial charge in [-0.15, -0.1) is 5.10 Å². The largest absolute Gasteiger partial charge is 0.394 e. The van der Waals surface area contributed by atoms with Crippen LogP contribution in [0.2, 0.25) is 0 Å². The second-order valence-electron chi connectivity index (χ2n) is 4.71. The molecule has 3 heterocycles. The summed E-state index contributed by atoms with van der Waals surface area (Å²) in [6.07, 6.45) is 1.94. The van der Waals surface area contributed by atoms with Crippen LogP contribution in [0.25, 0.3) is 5.52 Å². The standard InChI is InChI=1S/C12H17N5/c1-15-6-8-16(9-7-15)12-11(13)10-4-2-3-5-17(10)14-12/h2-5H,6-9,13H2,1H3/p+1. The third kappa shape index (κ3) is 1.72. The molecule has 0 unspecified atom stereocenters. The van der Waals surface area contributed by atoms with Gasteiger partial charge in [-0.3, -0.25) is 0 Å². The van der Waals surface area contributed by atoms with Gasteiger partial charge in [0, 0.05) is 6.20 Å². The van der Waals surface area contributed by atoms with Crippen LogP contribution in [0.5, 0.6) is 0 Å². The summed E-state index contributed by atoms with van der Waals surface area (Å²) in [6.45, 7) is 4.35. The number of nitrogens with two attached hydrogens (primary N) is 1. The average molecular weight is 232 g/mol. The molecule has 2 aromatic heterocycles. The maximum absolute atomic E-state index is 6.17. The SMILES string of the molecule is C[NH+]1CCN(c2nn3ccccc3c2N)CC1. The molecular formula is C12H18N5+. The molecule has 0 amide bonds. The van der Waals surface area contributed by atoms with Crippen LogP contribution < -0.4 is 15.5 Å². The Bertz CT molecular complexity index is 525. The van der Waals surface area contributed by atoms with Crippen LogP contribution >= 0.6 is 0 Å². The minimum Gasteiger partial charge on any atom is -0.394 e. The lowest BCUT2D eigenvalue weighted by molar-refractivity contribution is -0.880. The number of quaternary nitrogens is 1. The van der Waals surface area contributed by atoms with Crippen molar-refractivity contribution in [3.8, 4) is 0 Å². The van der Waals surface area contributed by atoms with Crippen molar-refractivity contribution >= 4 is 17.0 Å². The van der Waals surface area contributed by atoms with Crippen molar-refractivity contribution in [2.75, 3.05) is 43.9 Å². The van der Waals surface area contributed by atoms with Crippen molar-refractivity contribution in [1.82, 2.24) is 9.61 Å². The zero-order valence-corrected chi connectivity index (χ0v) is 10.1. The van der Waals surface area contributed by atoms with Gasteiger partial charge in [-0.05, 0) is 12.1 Å². The normalized spacial score (nSPS) is 17.8. The second kappa shape index (κ2) is 3.92. The minimum absolute atomic E-state index is 0.796. The molecule has 0 aromatic carbocycles. The summed E-state index contributed by atoms with van der Waals surface area (Å²) in [6, 6.07) is 5.97. The molecule has 0 atom stereocenters. The van der Waals surface area contributed by atoms with E-state index in [9.17, 15) is 0 Å². The summed E-state index contributed by atoms with van der Waals surface area (Å²) >= 11 is 0. The molecule has 1 aliphatic rings. The molecule has 0 aliphatic carbocycles. The van der Waals surface area contributed by atoms with Gasteiger partial charge in [0.2, 0.25) is 0 Å². The molecule has 3 N–H and O–H groups in total. The van der Waals surface area contributed by atoms with Crippen molar-refractivity contribution < 1.29 is 4.90 Å². The highest BCUT2D eigenvalue weighted by atomic mass is 15.4. The monoisotopic (exact) mass is 232 g/mol. The molecule has 5 nitrogen and oxygen atoms in total. The zero-order chi connectivity index (χ0) is 11.8. The van der Waals surface area contributed by atoms with Gasteiger partial charge in [-0.1, -0.05) is 6.07 Å². The molecule has 0 bridgehead atoms. The van der Waals surface area contributed by atoms with Gasteiger partial charge in [0.05, 0.1) is 38.7 Å². The lowest BCUT2D eigenvalue weighted by Gasteiger charge is -2.30. The number of nitrogens with one attached hydrogen (secondary N) is 1. The number of likely N-dealkylation sites (N-methyl/N-ethyl adjacent to an activating group) is 1. The van der Waals surface area contributed by atoms with E-state index in [0.717, 1.165) is 43.2 Å². The van der Waals surface area contributed by atoms with Crippen LogP contribution in [0.15, 0.2) is 24.4 Å². The van der Waals surface area contributed by atoms with Gasteiger partial charge < -0.3 is 15.5 Å². The number of rotatable bonds is 1. The first kappa shape index (κ1) is 10.4. The van der Waals surface area contributed by atoms with Crippen molar-refractivity contribution in [3.63, 3.8) is 0 Å². The first-order valence-corrected chi connectivity index (χ1v) is 6.05. The molecule has 0 saturated carbocycles. The van der Waals surface area contributed by atoms with Gasteiger partial charge in [-0.2, -0.15) is 0 Å². The number of piperazine rings is 1. The van der Waals surface area contributed by atoms with Crippen LogP contribution in [0, 0.1) is 0 Å². The van der Waals surface area contributed by atoms with E-state index in [0.29, 0.717) is 0 Å². The Hall–Kier alpha value is -1.75. The number of aromatic nitrogens is 2. The number of hydrogen-bond acceptors (Lipinski definition) is 3. The number of nitrogens with zero attached hydrogens (tertiary/aromatic N) is 3. The number of hydrogen-bond donors (Lipinski definition) is 2. The predicted molar refractivity (Wildman–Crippen MR) is 68.4 cm³/mol. The molecule has 1 fully saturated rings. The van der Waals surface area contributed by atoms with Gasteiger partial charge in [0.1, 0.15) is 5.69 Å². The Labute approximate surface area is 100 Å². The Balaban J connectivity index is 1.97.